The highest BCUT2D eigenvalue weighted by atomic mass is 16.6. The molecule has 0 bridgehead atoms. The Bertz CT molecular complexity index is 305. The van der Waals surface area contributed by atoms with Crippen molar-refractivity contribution in [3.8, 4) is 0 Å². The zero-order valence-corrected chi connectivity index (χ0v) is 12.6. The van der Waals surface area contributed by atoms with Crippen LogP contribution in [-0.4, -0.2) is 42.3 Å². The molecule has 1 aliphatic carbocycles. The largest absolute Gasteiger partial charge is 0.449 e. The summed E-state index contributed by atoms with van der Waals surface area (Å²) in [5.74, 6) is 0.404. The van der Waals surface area contributed by atoms with Gasteiger partial charge in [-0.15, -0.1) is 0 Å². The highest BCUT2D eigenvalue weighted by molar-refractivity contribution is 5.67. The lowest BCUT2D eigenvalue weighted by molar-refractivity contribution is 0.0760. The minimum Gasteiger partial charge on any atom is -0.449 e. The lowest BCUT2D eigenvalue weighted by Gasteiger charge is -2.44. The van der Waals surface area contributed by atoms with Crippen LogP contribution in [0, 0.1) is 5.92 Å². The number of piperidine rings is 1. The van der Waals surface area contributed by atoms with Crippen LogP contribution in [0.2, 0.25) is 0 Å². The number of rotatable bonds is 4. The number of ether oxygens (including phenoxy) is 1. The summed E-state index contributed by atoms with van der Waals surface area (Å²) in [5, 5.41) is 3.76. The van der Waals surface area contributed by atoms with Crippen molar-refractivity contribution in [2.24, 2.45) is 5.92 Å². The van der Waals surface area contributed by atoms with E-state index in [0.717, 1.165) is 25.9 Å². The normalized spacial score (nSPS) is 23.3. The van der Waals surface area contributed by atoms with Crippen molar-refractivity contribution < 1.29 is 9.53 Å². The molecule has 1 N–H and O–H groups in total. The Labute approximate surface area is 116 Å². The second kappa shape index (κ2) is 6.12. The van der Waals surface area contributed by atoms with Gasteiger partial charge in [0, 0.05) is 24.7 Å². The van der Waals surface area contributed by atoms with Crippen molar-refractivity contribution in [3.63, 3.8) is 0 Å². The number of nitrogens with one attached hydrogen (secondary N) is 1. The van der Waals surface area contributed by atoms with Gasteiger partial charge >= 0.3 is 6.09 Å². The maximum absolute atomic E-state index is 11.8. The van der Waals surface area contributed by atoms with E-state index in [9.17, 15) is 4.79 Å². The second-order valence-electron chi connectivity index (χ2n) is 6.79. The predicted octanol–water partition coefficient (Wildman–Crippen LogP) is 2.78. The molecule has 1 aliphatic heterocycles. The Hall–Kier alpha value is -0.770. The monoisotopic (exact) mass is 268 g/mol. The van der Waals surface area contributed by atoms with E-state index in [1.165, 1.54) is 19.3 Å². The highest BCUT2D eigenvalue weighted by Crippen LogP contribution is 2.32. The third-order valence-corrected chi connectivity index (χ3v) is 4.30. The molecule has 4 nitrogen and oxygen atoms in total. The van der Waals surface area contributed by atoms with E-state index in [-0.39, 0.29) is 6.09 Å². The number of carbonyl (C=O) groups is 1. The lowest BCUT2D eigenvalue weighted by atomic mass is 9.77. The fourth-order valence-corrected chi connectivity index (χ4v) is 2.88. The average Bonchev–Trinajstić information content (AvgIpc) is 2.35. The topological polar surface area (TPSA) is 41.6 Å². The van der Waals surface area contributed by atoms with E-state index in [2.05, 4.69) is 26.1 Å². The molecule has 2 rings (SSSR count). The molecule has 2 fully saturated rings. The van der Waals surface area contributed by atoms with Gasteiger partial charge in [-0.25, -0.2) is 4.79 Å². The van der Waals surface area contributed by atoms with E-state index in [0.29, 0.717) is 24.1 Å². The first-order valence-electron chi connectivity index (χ1n) is 7.68. The average molecular weight is 268 g/mol. The smallest absolute Gasteiger partial charge is 0.409 e. The van der Waals surface area contributed by atoms with E-state index in [1.807, 2.05) is 4.90 Å². The lowest BCUT2D eigenvalue weighted by Crippen LogP contribution is -2.56. The molecule has 0 spiro atoms. The van der Waals surface area contributed by atoms with Crippen LogP contribution in [0.3, 0.4) is 0 Å². The van der Waals surface area contributed by atoms with Crippen molar-refractivity contribution in [1.29, 1.82) is 0 Å². The molecule has 0 aromatic carbocycles. The van der Waals surface area contributed by atoms with Gasteiger partial charge in [0.05, 0.1) is 6.61 Å². The minimum atomic E-state index is -0.137. The second-order valence-corrected chi connectivity index (χ2v) is 6.79. The van der Waals surface area contributed by atoms with Crippen LogP contribution in [0.1, 0.15) is 52.9 Å². The van der Waals surface area contributed by atoms with Crippen LogP contribution >= 0.6 is 0 Å². The third kappa shape index (κ3) is 4.10. The minimum absolute atomic E-state index is 0.137. The number of hydrogen-bond donors (Lipinski definition) is 1. The predicted molar refractivity (Wildman–Crippen MR) is 76.2 cm³/mol. The van der Waals surface area contributed by atoms with Gasteiger partial charge in [-0.2, -0.15) is 0 Å². The van der Waals surface area contributed by atoms with E-state index < -0.39 is 0 Å². The molecule has 110 valence electrons. The fourth-order valence-electron chi connectivity index (χ4n) is 2.88. The molecular weight excluding hydrogens is 240 g/mol. The number of hydrogen-bond acceptors (Lipinski definition) is 3. The first-order chi connectivity index (χ1) is 8.98. The first kappa shape index (κ1) is 14.6. The van der Waals surface area contributed by atoms with Crippen LogP contribution in [0.15, 0.2) is 0 Å². The molecule has 4 heteroatoms. The van der Waals surface area contributed by atoms with Crippen molar-refractivity contribution in [1.82, 2.24) is 10.2 Å². The SMILES string of the molecule is CC(C)COC(=O)N1CCC(NC2(C)CCC2)CC1. The molecule has 1 saturated carbocycles. The molecule has 1 heterocycles. The number of nitrogens with zero attached hydrogens (tertiary/aromatic N) is 1. The number of carbonyl (C=O) groups excluding carboxylic acids is 1. The van der Waals surface area contributed by atoms with Gasteiger partial charge in [-0.1, -0.05) is 13.8 Å². The summed E-state index contributed by atoms with van der Waals surface area (Å²) in [7, 11) is 0. The molecule has 2 aliphatic rings. The zero-order chi connectivity index (χ0) is 13.9. The standard InChI is InChI=1S/C15H28N2O2/c1-12(2)11-19-14(18)17-9-5-13(6-10-17)16-15(3)7-4-8-15/h12-13,16H,4-11H2,1-3H3. The fraction of sp³-hybridized carbons (Fsp3) is 0.933. The Kier molecular flexibility index (Phi) is 4.71. The van der Waals surface area contributed by atoms with Crippen molar-refractivity contribution >= 4 is 6.09 Å². The summed E-state index contributed by atoms with van der Waals surface area (Å²) in [6.07, 6.45) is 5.90. The number of amides is 1. The molecule has 1 amide bonds. The zero-order valence-electron chi connectivity index (χ0n) is 12.6. The number of likely N-dealkylation sites (tertiary alicyclic amines) is 1. The summed E-state index contributed by atoms with van der Waals surface area (Å²) in [4.78, 5) is 13.7. The van der Waals surface area contributed by atoms with Crippen LogP contribution in [0.4, 0.5) is 4.79 Å². The summed E-state index contributed by atoms with van der Waals surface area (Å²) in [6.45, 7) is 8.61. The maximum atomic E-state index is 11.8. The summed E-state index contributed by atoms with van der Waals surface area (Å²) < 4.78 is 5.28. The molecule has 0 unspecified atom stereocenters. The van der Waals surface area contributed by atoms with Gasteiger partial charge in [0.25, 0.3) is 0 Å². The molecule has 0 atom stereocenters. The van der Waals surface area contributed by atoms with Gasteiger partial charge in [-0.05, 0) is 44.9 Å². The van der Waals surface area contributed by atoms with E-state index in [4.69, 9.17) is 4.74 Å². The third-order valence-electron chi connectivity index (χ3n) is 4.30. The quantitative estimate of drug-likeness (QED) is 0.852. The molecule has 19 heavy (non-hydrogen) atoms. The summed E-state index contributed by atoms with van der Waals surface area (Å²) in [5.41, 5.74) is 0.366. The Morgan fingerprint density at radius 3 is 2.47 bits per heavy atom. The molecule has 0 aromatic heterocycles. The van der Waals surface area contributed by atoms with Crippen LogP contribution in [-0.2, 0) is 4.74 Å². The Balaban J connectivity index is 1.68. The van der Waals surface area contributed by atoms with Crippen LogP contribution in [0.25, 0.3) is 0 Å². The highest BCUT2D eigenvalue weighted by Gasteiger charge is 2.35. The maximum Gasteiger partial charge on any atom is 0.409 e. The van der Waals surface area contributed by atoms with Crippen LogP contribution < -0.4 is 5.32 Å². The summed E-state index contributed by atoms with van der Waals surface area (Å²) in [6, 6.07) is 0.569. The van der Waals surface area contributed by atoms with Gasteiger partial charge in [0.15, 0.2) is 0 Å². The van der Waals surface area contributed by atoms with E-state index >= 15 is 0 Å². The first-order valence-corrected chi connectivity index (χ1v) is 7.68. The van der Waals surface area contributed by atoms with Crippen molar-refractivity contribution in [3.05, 3.63) is 0 Å². The summed E-state index contributed by atoms with van der Waals surface area (Å²) >= 11 is 0. The van der Waals surface area contributed by atoms with Crippen molar-refractivity contribution in [2.45, 2.75) is 64.5 Å². The van der Waals surface area contributed by atoms with Gasteiger partial charge in [-0.3, -0.25) is 0 Å². The van der Waals surface area contributed by atoms with Crippen molar-refractivity contribution in [2.75, 3.05) is 19.7 Å². The van der Waals surface area contributed by atoms with Gasteiger partial charge < -0.3 is 15.0 Å². The van der Waals surface area contributed by atoms with Gasteiger partial charge in [0.1, 0.15) is 0 Å². The molecule has 0 aromatic rings. The van der Waals surface area contributed by atoms with Crippen LogP contribution in [0.5, 0.6) is 0 Å². The van der Waals surface area contributed by atoms with E-state index in [1.54, 1.807) is 0 Å². The molecular formula is C15H28N2O2. The van der Waals surface area contributed by atoms with Gasteiger partial charge in [0.2, 0.25) is 0 Å². The molecule has 0 radical (unpaired) electrons. The Morgan fingerprint density at radius 2 is 2.00 bits per heavy atom. The molecule has 1 saturated heterocycles. The Morgan fingerprint density at radius 1 is 1.37 bits per heavy atom.